The van der Waals surface area contributed by atoms with Crippen molar-refractivity contribution in [2.45, 2.75) is 19.8 Å². The molecule has 2 heterocycles. The summed E-state index contributed by atoms with van der Waals surface area (Å²) in [6.07, 6.45) is 3.89. The van der Waals surface area contributed by atoms with Crippen LogP contribution in [-0.2, 0) is 0 Å². The fourth-order valence-corrected chi connectivity index (χ4v) is 1.53. The molecule has 0 saturated carbocycles. The first-order valence-corrected chi connectivity index (χ1v) is 4.73. The smallest absolute Gasteiger partial charge is 0.137 e. The lowest BCUT2D eigenvalue weighted by Crippen LogP contribution is -1.95. The Morgan fingerprint density at radius 1 is 1.36 bits per heavy atom. The van der Waals surface area contributed by atoms with Crippen molar-refractivity contribution in [1.29, 1.82) is 0 Å². The van der Waals surface area contributed by atoms with Gasteiger partial charge in [-0.1, -0.05) is 13.8 Å². The van der Waals surface area contributed by atoms with Gasteiger partial charge >= 0.3 is 0 Å². The molecule has 0 aromatic carbocycles. The molecule has 2 aromatic rings. The van der Waals surface area contributed by atoms with E-state index in [9.17, 15) is 0 Å². The van der Waals surface area contributed by atoms with Gasteiger partial charge in [0.1, 0.15) is 11.4 Å². The number of nitrogens with zero attached hydrogens (tertiary/aromatic N) is 2. The van der Waals surface area contributed by atoms with Crippen LogP contribution < -0.4 is 4.74 Å². The van der Waals surface area contributed by atoms with Crippen molar-refractivity contribution < 1.29 is 4.74 Å². The number of ether oxygens (including phenoxy) is 1. The zero-order chi connectivity index (χ0) is 10.1. The number of hydrogen-bond acceptors (Lipinski definition) is 2. The van der Waals surface area contributed by atoms with Crippen molar-refractivity contribution in [1.82, 2.24) is 9.38 Å². The lowest BCUT2D eigenvalue weighted by molar-refractivity contribution is 0.412. The van der Waals surface area contributed by atoms with Gasteiger partial charge in [0.05, 0.1) is 13.3 Å². The molecule has 0 amide bonds. The topological polar surface area (TPSA) is 26.5 Å². The predicted octanol–water partition coefficient (Wildman–Crippen LogP) is 2.47. The molecule has 2 aromatic heterocycles. The zero-order valence-corrected chi connectivity index (χ0v) is 8.69. The minimum atomic E-state index is 0.470. The number of imidazole rings is 1. The Morgan fingerprint density at radius 2 is 2.14 bits per heavy atom. The van der Waals surface area contributed by atoms with E-state index in [0.717, 1.165) is 11.4 Å². The molecule has 0 bridgehead atoms. The molecule has 0 unspecified atom stereocenters. The number of methoxy groups -OCH3 is 1. The highest BCUT2D eigenvalue weighted by Gasteiger charge is 2.06. The van der Waals surface area contributed by atoms with Crippen molar-refractivity contribution in [3.05, 3.63) is 30.2 Å². The van der Waals surface area contributed by atoms with Gasteiger partial charge in [-0.2, -0.15) is 0 Å². The van der Waals surface area contributed by atoms with Gasteiger partial charge in [-0.05, 0) is 18.1 Å². The summed E-state index contributed by atoms with van der Waals surface area (Å²) in [5, 5.41) is 0. The third-order valence-electron chi connectivity index (χ3n) is 2.33. The molecular formula is C11H14N2O. The summed E-state index contributed by atoms with van der Waals surface area (Å²) >= 11 is 0. The van der Waals surface area contributed by atoms with Crippen LogP contribution >= 0.6 is 0 Å². The van der Waals surface area contributed by atoms with E-state index < -0.39 is 0 Å². The molecule has 0 radical (unpaired) electrons. The third-order valence-corrected chi connectivity index (χ3v) is 2.33. The zero-order valence-electron chi connectivity index (χ0n) is 8.69. The van der Waals surface area contributed by atoms with Gasteiger partial charge in [-0.3, -0.25) is 0 Å². The molecule has 0 aliphatic rings. The summed E-state index contributed by atoms with van der Waals surface area (Å²) in [7, 11) is 1.67. The second-order valence-corrected chi connectivity index (χ2v) is 3.63. The van der Waals surface area contributed by atoms with Crippen molar-refractivity contribution in [3.8, 4) is 5.75 Å². The van der Waals surface area contributed by atoms with Crippen LogP contribution in [0.2, 0.25) is 0 Å². The first kappa shape index (κ1) is 9.06. The minimum Gasteiger partial charge on any atom is -0.495 e. The lowest BCUT2D eigenvalue weighted by atomic mass is 10.1. The third kappa shape index (κ3) is 1.35. The Labute approximate surface area is 83.3 Å². The lowest BCUT2D eigenvalue weighted by Gasteiger charge is -2.06. The van der Waals surface area contributed by atoms with Crippen LogP contribution in [0.15, 0.2) is 24.5 Å². The minimum absolute atomic E-state index is 0.470. The van der Waals surface area contributed by atoms with Crippen molar-refractivity contribution in [2.24, 2.45) is 0 Å². The van der Waals surface area contributed by atoms with E-state index in [1.807, 2.05) is 24.5 Å². The van der Waals surface area contributed by atoms with E-state index in [1.54, 1.807) is 7.11 Å². The average Bonchev–Trinajstić information content (AvgIpc) is 2.59. The Hall–Kier alpha value is -1.51. The van der Waals surface area contributed by atoms with E-state index in [1.165, 1.54) is 5.69 Å². The summed E-state index contributed by atoms with van der Waals surface area (Å²) in [5.74, 6) is 1.33. The number of rotatable bonds is 2. The average molecular weight is 190 g/mol. The maximum atomic E-state index is 5.18. The second-order valence-electron chi connectivity index (χ2n) is 3.63. The van der Waals surface area contributed by atoms with Gasteiger partial charge in [0.15, 0.2) is 0 Å². The van der Waals surface area contributed by atoms with Crippen molar-refractivity contribution >= 4 is 5.65 Å². The van der Waals surface area contributed by atoms with E-state index in [4.69, 9.17) is 4.74 Å². The normalized spacial score (nSPS) is 11.1. The van der Waals surface area contributed by atoms with Gasteiger partial charge < -0.3 is 9.14 Å². The maximum Gasteiger partial charge on any atom is 0.137 e. The summed E-state index contributed by atoms with van der Waals surface area (Å²) < 4.78 is 7.25. The molecule has 0 saturated heterocycles. The highest BCUT2D eigenvalue weighted by atomic mass is 16.5. The van der Waals surface area contributed by atoms with Crippen LogP contribution in [0.4, 0.5) is 0 Å². The number of fused-ring (bicyclic) bond motifs is 1. The fraction of sp³-hybridized carbons (Fsp3) is 0.364. The first-order chi connectivity index (χ1) is 6.72. The molecule has 0 fully saturated rings. The van der Waals surface area contributed by atoms with E-state index in [-0.39, 0.29) is 0 Å². The Morgan fingerprint density at radius 3 is 2.79 bits per heavy atom. The molecule has 3 heteroatoms. The summed E-state index contributed by atoms with van der Waals surface area (Å²) in [4.78, 5) is 4.32. The summed E-state index contributed by atoms with van der Waals surface area (Å²) in [6, 6.07) is 3.89. The fourth-order valence-electron chi connectivity index (χ4n) is 1.53. The van der Waals surface area contributed by atoms with Gasteiger partial charge in [-0.15, -0.1) is 0 Å². The molecule has 0 spiro atoms. The molecule has 74 valence electrons. The van der Waals surface area contributed by atoms with Gasteiger partial charge in [0.25, 0.3) is 0 Å². The highest BCUT2D eigenvalue weighted by Crippen LogP contribution is 2.19. The standard InChI is InChI=1S/C11H14N2O/c1-8(2)10-6-12-11-5-4-9(14-3)7-13(10)11/h4-8H,1-3H3. The Balaban J connectivity index is 2.63. The van der Waals surface area contributed by atoms with Crippen LogP contribution in [0.3, 0.4) is 0 Å². The van der Waals surface area contributed by atoms with Crippen LogP contribution in [0.5, 0.6) is 5.75 Å². The van der Waals surface area contributed by atoms with Crippen LogP contribution in [-0.4, -0.2) is 16.5 Å². The van der Waals surface area contributed by atoms with Crippen LogP contribution in [0.25, 0.3) is 5.65 Å². The SMILES string of the molecule is COc1ccc2ncc(C(C)C)n2c1. The van der Waals surface area contributed by atoms with Crippen LogP contribution in [0.1, 0.15) is 25.5 Å². The first-order valence-electron chi connectivity index (χ1n) is 4.73. The molecule has 0 aliphatic heterocycles. The monoisotopic (exact) mass is 190 g/mol. The van der Waals surface area contributed by atoms with Crippen LogP contribution in [0, 0.1) is 0 Å². The maximum absolute atomic E-state index is 5.18. The second kappa shape index (κ2) is 3.33. The molecule has 14 heavy (non-hydrogen) atoms. The number of pyridine rings is 1. The van der Waals surface area contributed by atoms with Gasteiger partial charge in [-0.25, -0.2) is 4.98 Å². The van der Waals surface area contributed by atoms with E-state index in [0.29, 0.717) is 5.92 Å². The molecular weight excluding hydrogens is 176 g/mol. The molecule has 0 aliphatic carbocycles. The van der Waals surface area contributed by atoms with Crippen molar-refractivity contribution in [3.63, 3.8) is 0 Å². The predicted molar refractivity (Wildman–Crippen MR) is 55.8 cm³/mol. The number of aromatic nitrogens is 2. The molecule has 0 atom stereocenters. The Kier molecular flexibility index (Phi) is 2.15. The van der Waals surface area contributed by atoms with E-state index >= 15 is 0 Å². The summed E-state index contributed by atoms with van der Waals surface area (Å²) in [5.41, 5.74) is 2.17. The largest absolute Gasteiger partial charge is 0.495 e. The van der Waals surface area contributed by atoms with E-state index in [2.05, 4.69) is 23.2 Å². The highest BCUT2D eigenvalue weighted by molar-refractivity contribution is 5.44. The quantitative estimate of drug-likeness (QED) is 0.727. The summed E-state index contributed by atoms with van der Waals surface area (Å²) in [6.45, 7) is 4.31. The molecule has 3 nitrogen and oxygen atoms in total. The van der Waals surface area contributed by atoms with Gasteiger partial charge in [0.2, 0.25) is 0 Å². The van der Waals surface area contributed by atoms with Gasteiger partial charge in [0, 0.05) is 11.9 Å². The Bertz CT molecular complexity index is 445. The van der Waals surface area contributed by atoms with Crippen molar-refractivity contribution in [2.75, 3.05) is 7.11 Å². The molecule has 2 rings (SSSR count). The molecule has 0 N–H and O–H groups in total. The number of hydrogen-bond donors (Lipinski definition) is 0.